The van der Waals surface area contributed by atoms with Crippen molar-refractivity contribution in [2.45, 2.75) is 20.3 Å². The maximum absolute atomic E-state index is 12.3. The van der Waals surface area contributed by atoms with Crippen LogP contribution in [0.5, 0.6) is 0 Å². The van der Waals surface area contributed by atoms with Crippen molar-refractivity contribution in [2.24, 2.45) is 0 Å². The third-order valence-electron chi connectivity index (χ3n) is 3.34. The van der Waals surface area contributed by atoms with Crippen molar-refractivity contribution in [3.8, 4) is 0 Å². The summed E-state index contributed by atoms with van der Waals surface area (Å²) in [6.07, 6.45) is 0.335. The number of carbonyl (C=O) groups is 2. The van der Waals surface area contributed by atoms with Gasteiger partial charge >= 0.3 is 0 Å². The Morgan fingerprint density at radius 1 is 0.955 bits per heavy atom. The Morgan fingerprint density at radius 3 is 2.09 bits per heavy atom. The van der Waals surface area contributed by atoms with E-state index < -0.39 is 0 Å². The summed E-state index contributed by atoms with van der Waals surface area (Å²) in [5.41, 5.74) is 4.39. The van der Waals surface area contributed by atoms with Gasteiger partial charge in [0, 0.05) is 18.3 Å². The molecule has 2 rings (SSSR count). The van der Waals surface area contributed by atoms with Gasteiger partial charge < -0.3 is 10.6 Å². The Bertz CT molecular complexity index is 670. The minimum absolute atomic E-state index is 0.0352. The summed E-state index contributed by atoms with van der Waals surface area (Å²) in [6, 6.07) is 13.0. The van der Waals surface area contributed by atoms with Crippen LogP contribution in [0, 0.1) is 13.8 Å². The molecule has 0 aliphatic rings. The third-order valence-corrected chi connectivity index (χ3v) is 3.34. The minimum atomic E-state index is -0.133. The predicted octanol–water partition coefficient (Wildman–Crippen LogP) is 2.84. The molecule has 114 valence electrons. The van der Waals surface area contributed by atoms with Crippen LogP contribution < -0.4 is 10.6 Å². The van der Waals surface area contributed by atoms with Crippen LogP contribution in [-0.4, -0.2) is 18.9 Å². The molecule has 2 aromatic carbocycles. The fraction of sp³-hybridized carbons (Fsp3) is 0.222. The van der Waals surface area contributed by atoms with Crippen molar-refractivity contribution in [3.63, 3.8) is 0 Å². The van der Waals surface area contributed by atoms with E-state index in [2.05, 4.69) is 10.6 Å². The fourth-order valence-electron chi connectivity index (χ4n) is 2.29. The third kappa shape index (κ3) is 4.19. The number of rotatable bonds is 4. The first-order valence-electron chi connectivity index (χ1n) is 7.17. The molecule has 0 saturated carbocycles. The molecule has 2 N–H and O–H groups in total. The zero-order valence-electron chi connectivity index (χ0n) is 13.1. The van der Waals surface area contributed by atoms with Crippen LogP contribution in [0.1, 0.15) is 27.0 Å². The summed E-state index contributed by atoms with van der Waals surface area (Å²) in [4.78, 5) is 23.6. The van der Waals surface area contributed by atoms with Gasteiger partial charge in [-0.2, -0.15) is 0 Å². The van der Waals surface area contributed by atoms with Crippen LogP contribution >= 0.6 is 0 Å². The van der Waals surface area contributed by atoms with Crippen LogP contribution in [0.4, 0.5) is 5.69 Å². The molecule has 0 aliphatic carbocycles. The number of likely N-dealkylation sites (N-methyl/N-ethyl adjacent to an activating group) is 1. The van der Waals surface area contributed by atoms with E-state index in [9.17, 15) is 9.59 Å². The van der Waals surface area contributed by atoms with E-state index >= 15 is 0 Å². The molecule has 0 unspecified atom stereocenters. The first kappa shape index (κ1) is 15.8. The van der Waals surface area contributed by atoms with Gasteiger partial charge in [0.15, 0.2) is 0 Å². The molecular formula is C18H20N2O2. The van der Waals surface area contributed by atoms with Crippen molar-refractivity contribution in [2.75, 3.05) is 12.4 Å². The zero-order chi connectivity index (χ0) is 16.1. The average Bonchev–Trinajstić information content (AvgIpc) is 2.48. The van der Waals surface area contributed by atoms with Crippen LogP contribution in [0.2, 0.25) is 0 Å². The van der Waals surface area contributed by atoms with Gasteiger partial charge in [0.05, 0.1) is 6.42 Å². The molecule has 0 radical (unpaired) electrons. The Labute approximate surface area is 130 Å². The summed E-state index contributed by atoms with van der Waals surface area (Å²) < 4.78 is 0. The molecule has 0 heterocycles. The first-order chi connectivity index (χ1) is 10.5. The highest BCUT2D eigenvalue weighted by Gasteiger charge is 2.08. The summed E-state index contributed by atoms with van der Waals surface area (Å²) >= 11 is 0. The largest absolute Gasteiger partial charge is 0.359 e. The number of amides is 2. The summed E-state index contributed by atoms with van der Waals surface area (Å²) in [7, 11) is 1.61. The van der Waals surface area contributed by atoms with Gasteiger partial charge in [0.2, 0.25) is 5.91 Å². The molecule has 0 saturated heterocycles. The zero-order valence-corrected chi connectivity index (χ0v) is 13.1. The molecule has 0 fully saturated rings. The van der Waals surface area contributed by atoms with Gasteiger partial charge in [0.25, 0.3) is 5.91 Å². The second-order valence-corrected chi connectivity index (χ2v) is 5.38. The van der Waals surface area contributed by atoms with Crippen molar-refractivity contribution in [3.05, 3.63) is 64.7 Å². The molecule has 0 bridgehead atoms. The number of hydrogen-bond donors (Lipinski definition) is 2. The van der Waals surface area contributed by atoms with Gasteiger partial charge in [-0.05, 0) is 43.7 Å². The van der Waals surface area contributed by atoms with E-state index in [1.54, 1.807) is 19.2 Å². The lowest BCUT2D eigenvalue weighted by Crippen LogP contribution is -2.19. The number of aryl methyl sites for hydroxylation is 2. The van der Waals surface area contributed by atoms with Crippen LogP contribution in [0.3, 0.4) is 0 Å². The van der Waals surface area contributed by atoms with E-state index in [4.69, 9.17) is 0 Å². The topological polar surface area (TPSA) is 58.2 Å². The molecule has 4 heteroatoms. The highest BCUT2D eigenvalue weighted by atomic mass is 16.2. The van der Waals surface area contributed by atoms with Crippen LogP contribution in [0.15, 0.2) is 42.5 Å². The molecule has 22 heavy (non-hydrogen) atoms. The van der Waals surface area contributed by atoms with Gasteiger partial charge in [-0.3, -0.25) is 9.59 Å². The van der Waals surface area contributed by atoms with E-state index in [-0.39, 0.29) is 11.8 Å². The highest BCUT2D eigenvalue weighted by Crippen LogP contribution is 2.14. The van der Waals surface area contributed by atoms with Gasteiger partial charge in [-0.1, -0.05) is 29.3 Å². The second kappa shape index (κ2) is 6.89. The standard InChI is InChI=1S/C18H20N2O2/c1-12-8-13(2)10-15(9-12)18(22)20-16-6-4-14(5-7-16)11-17(21)19-3/h4-10H,11H2,1-3H3,(H,19,21)(H,20,22). The molecule has 0 aliphatic heterocycles. The Kier molecular flexibility index (Phi) is 4.94. The van der Waals surface area contributed by atoms with Crippen LogP contribution in [-0.2, 0) is 11.2 Å². The Balaban J connectivity index is 2.07. The van der Waals surface area contributed by atoms with E-state index in [1.165, 1.54) is 0 Å². The lowest BCUT2D eigenvalue weighted by molar-refractivity contribution is -0.119. The van der Waals surface area contributed by atoms with Crippen LogP contribution in [0.25, 0.3) is 0 Å². The van der Waals surface area contributed by atoms with Gasteiger partial charge in [-0.15, -0.1) is 0 Å². The van der Waals surface area contributed by atoms with Crippen molar-refractivity contribution < 1.29 is 9.59 Å². The second-order valence-electron chi connectivity index (χ2n) is 5.38. The quantitative estimate of drug-likeness (QED) is 0.911. The monoisotopic (exact) mass is 296 g/mol. The van der Waals surface area contributed by atoms with E-state index in [1.807, 2.05) is 44.2 Å². The summed E-state index contributed by atoms with van der Waals surface area (Å²) in [5, 5.41) is 5.45. The van der Waals surface area contributed by atoms with Crippen molar-refractivity contribution >= 4 is 17.5 Å². The molecule has 4 nitrogen and oxygen atoms in total. The molecule has 0 spiro atoms. The lowest BCUT2D eigenvalue weighted by atomic mass is 10.1. The molecule has 2 aromatic rings. The fourth-order valence-corrected chi connectivity index (χ4v) is 2.29. The SMILES string of the molecule is CNC(=O)Cc1ccc(NC(=O)c2cc(C)cc(C)c2)cc1. The maximum atomic E-state index is 12.3. The maximum Gasteiger partial charge on any atom is 0.255 e. The number of carbonyl (C=O) groups excluding carboxylic acids is 2. The molecule has 0 aromatic heterocycles. The van der Waals surface area contributed by atoms with E-state index in [0.717, 1.165) is 16.7 Å². The van der Waals surface area contributed by atoms with E-state index in [0.29, 0.717) is 17.7 Å². The van der Waals surface area contributed by atoms with Crippen molar-refractivity contribution in [1.82, 2.24) is 5.32 Å². The number of hydrogen-bond acceptors (Lipinski definition) is 2. The smallest absolute Gasteiger partial charge is 0.255 e. The summed E-state index contributed by atoms with van der Waals surface area (Å²) in [5.74, 6) is -0.169. The number of benzene rings is 2. The van der Waals surface area contributed by atoms with Gasteiger partial charge in [-0.25, -0.2) is 0 Å². The van der Waals surface area contributed by atoms with Crippen molar-refractivity contribution in [1.29, 1.82) is 0 Å². The Morgan fingerprint density at radius 2 is 1.55 bits per heavy atom. The van der Waals surface area contributed by atoms with Gasteiger partial charge in [0.1, 0.15) is 0 Å². The number of nitrogens with one attached hydrogen (secondary N) is 2. The molecule has 0 atom stereocenters. The average molecular weight is 296 g/mol. The molecular weight excluding hydrogens is 276 g/mol. The first-order valence-corrected chi connectivity index (χ1v) is 7.17. The Hall–Kier alpha value is -2.62. The lowest BCUT2D eigenvalue weighted by Gasteiger charge is -2.08. The number of anilines is 1. The molecule has 2 amide bonds. The minimum Gasteiger partial charge on any atom is -0.359 e. The predicted molar refractivity (Wildman–Crippen MR) is 88.1 cm³/mol. The highest BCUT2D eigenvalue weighted by molar-refractivity contribution is 6.04. The summed E-state index contributed by atoms with van der Waals surface area (Å²) in [6.45, 7) is 3.94. The normalized spacial score (nSPS) is 10.1.